The number of hydrogen-bond donors (Lipinski definition) is 0. The van der Waals surface area contributed by atoms with Crippen molar-refractivity contribution in [2.24, 2.45) is 0 Å². The van der Waals surface area contributed by atoms with Crippen LogP contribution in [-0.2, 0) is 5.75 Å². The van der Waals surface area contributed by atoms with E-state index in [-0.39, 0.29) is 0 Å². The van der Waals surface area contributed by atoms with Gasteiger partial charge >= 0.3 is 0 Å². The third kappa shape index (κ3) is 6.11. The van der Waals surface area contributed by atoms with Gasteiger partial charge in [0.05, 0.1) is 0 Å². The van der Waals surface area contributed by atoms with Crippen molar-refractivity contribution in [2.75, 3.05) is 0 Å². The van der Waals surface area contributed by atoms with Crippen LogP contribution >= 0.6 is 11.8 Å². The molecule has 0 saturated carbocycles. The Labute approximate surface area is 275 Å². The minimum absolute atomic E-state index is 0.312. The van der Waals surface area contributed by atoms with Gasteiger partial charge in [0.15, 0.2) is 81.4 Å². The average molecular weight is 736 g/mol. The van der Waals surface area contributed by atoms with Crippen LogP contribution in [0.2, 0.25) is 0 Å². The number of thioether (sulfide) groups is 1. The first-order valence-electron chi connectivity index (χ1n) is 13.6. The van der Waals surface area contributed by atoms with Crippen molar-refractivity contribution in [1.82, 2.24) is 0 Å². The molecule has 0 amide bonds. The first-order chi connectivity index (χ1) is 23.6. The van der Waals surface area contributed by atoms with E-state index in [9.17, 15) is 39.5 Å². The maximum Gasteiger partial charge on any atom is 0.259 e. The minimum Gasteiger partial charge on any atom is -0.204 e. The Bertz CT molecular complexity index is 2020. The summed E-state index contributed by atoms with van der Waals surface area (Å²) in [6.07, 6.45) is 0. The zero-order chi connectivity index (χ0) is 36.8. The Kier molecular flexibility index (Phi) is 10.4. The van der Waals surface area contributed by atoms with Gasteiger partial charge in [-0.15, -0.1) is 11.8 Å². The smallest absolute Gasteiger partial charge is 0.204 e. The van der Waals surface area contributed by atoms with Crippen LogP contribution in [0, 0.1) is 87.3 Å². The summed E-state index contributed by atoms with van der Waals surface area (Å²) in [6, 6.07) is 13.1. The van der Waals surface area contributed by atoms with Crippen LogP contribution in [0.1, 0.15) is 16.7 Å². The Hall–Kier alpha value is -4.80. The molecule has 50 heavy (non-hydrogen) atoms. The normalized spacial score (nSPS) is 12.0. The molecule has 0 radical (unpaired) electrons. The third-order valence-electron chi connectivity index (χ3n) is 7.34. The molecule has 0 aliphatic heterocycles. The van der Waals surface area contributed by atoms with E-state index < -0.39 is 132 Å². The standard InChI is InChI=1S/C33H12BF15S/c35-18-14(19(36)25(42)30(47)24(18)41)15(33(13-9-5-2-6-10-13)50-11-12-7-3-1-4-8-12)34(16-20(37)26(43)31(48)27(44)21(16)38)17-22(39)28(45)32(49)29(46)23(17)40/h1-10H,11H2/b33-15-. The summed E-state index contributed by atoms with van der Waals surface area (Å²) in [7, 11) is 0. The summed E-state index contributed by atoms with van der Waals surface area (Å²) in [6.45, 7) is -3.70. The van der Waals surface area contributed by atoms with Gasteiger partial charge in [-0.1, -0.05) is 60.7 Å². The molecular weight excluding hydrogens is 724 g/mol. The highest BCUT2D eigenvalue weighted by molar-refractivity contribution is 8.08. The second-order valence-electron chi connectivity index (χ2n) is 10.2. The van der Waals surface area contributed by atoms with E-state index in [0.717, 1.165) is 12.1 Å². The fourth-order valence-electron chi connectivity index (χ4n) is 5.05. The number of rotatable bonds is 8. The molecule has 0 aliphatic rings. The molecule has 5 rings (SSSR count). The molecule has 0 aromatic heterocycles. The van der Waals surface area contributed by atoms with Gasteiger partial charge in [-0.3, -0.25) is 0 Å². The monoisotopic (exact) mass is 736 g/mol. The zero-order valence-electron chi connectivity index (χ0n) is 24.1. The van der Waals surface area contributed by atoms with Crippen molar-refractivity contribution in [3.8, 4) is 0 Å². The molecule has 0 atom stereocenters. The molecule has 0 aliphatic carbocycles. The van der Waals surface area contributed by atoms with E-state index in [2.05, 4.69) is 0 Å². The Morgan fingerprint density at radius 2 is 0.720 bits per heavy atom. The maximum atomic E-state index is 15.8. The summed E-state index contributed by atoms with van der Waals surface area (Å²) in [5.41, 5.74) is -9.08. The van der Waals surface area contributed by atoms with Crippen molar-refractivity contribution in [3.63, 3.8) is 0 Å². The van der Waals surface area contributed by atoms with Crippen molar-refractivity contribution >= 4 is 39.8 Å². The largest absolute Gasteiger partial charge is 0.259 e. The van der Waals surface area contributed by atoms with Crippen molar-refractivity contribution in [1.29, 1.82) is 0 Å². The SMILES string of the molecule is Fc1c(F)c(F)c(B(/C(=C(\SCc2ccccc2)c2ccccc2)c2c(F)c(F)c(F)c(F)c2F)c2c(F)c(F)c(F)c(F)c2F)c(F)c1F. The fraction of sp³-hybridized carbons (Fsp3) is 0.0303. The fourth-order valence-corrected chi connectivity index (χ4v) is 6.23. The lowest BCUT2D eigenvalue weighted by Crippen LogP contribution is -2.52. The number of hydrogen-bond acceptors (Lipinski definition) is 1. The van der Waals surface area contributed by atoms with Gasteiger partial charge in [0.25, 0.3) is 6.71 Å². The molecule has 0 saturated heterocycles. The lowest BCUT2D eigenvalue weighted by Gasteiger charge is -2.26. The molecule has 0 N–H and O–H groups in total. The first kappa shape index (κ1) is 36.5. The minimum atomic E-state index is -3.70. The van der Waals surface area contributed by atoms with Crippen LogP contribution in [-0.4, -0.2) is 6.71 Å². The molecule has 5 aromatic carbocycles. The summed E-state index contributed by atoms with van der Waals surface area (Å²) in [5.74, 6) is -43.7. The molecule has 258 valence electrons. The predicted molar refractivity (Wildman–Crippen MR) is 155 cm³/mol. The third-order valence-corrected chi connectivity index (χ3v) is 8.56. The Balaban J connectivity index is 2.12. The van der Waals surface area contributed by atoms with Gasteiger partial charge in [-0.2, -0.15) is 0 Å². The summed E-state index contributed by atoms with van der Waals surface area (Å²) < 4.78 is 225. The Morgan fingerprint density at radius 3 is 1.10 bits per heavy atom. The van der Waals surface area contributed by atoms with Gasteiger partial charge in [-0.25, -0.2) is 65.9 Å². The van der Waals surface area contributed by atoms with E-state index in [4.69, 9.17) is 0 Å². The first-order valence-corrected chi connectivity index (χ1v) is 14.6. The highest BCUT2D eigenvalue weighted by atomic mass is 32.2. The van der Waals surface area contributed by atoms with Crippen LogP contribution in [0.4, 0.5) is 65.9 Å². The van der Waals surface area contributed by atoms with E-state index in [1.54, 1.807) is 0 Å². The van der Waals surface area contributed by atoms with E-state index in [1.165, 1.54) is 48.5 Å². The number of halogens is 15. The summed E-state index contributed by atoms with van der Waals surface area (Å²) >= 11 is 0.323. The van der Waals surface area contributed by atoms with Gasteiger partial charge in [0.1, 0.15) is 0 Å². The second kappa shape index (κ2) is 14.2. The van der Waals surface area contributed by atoms with Gasteiger partial charge < -0.3 is 0 Å². The molecular formula is C33H12BF15S. The van der Waals surface area contributed by atoms with Gasteiger partial charge in [0.2, 0.25) is 5.82 Å². The maximum absolute atomic E-state index is 15.8. The topological polar surface area (TPSA) is 0 Å². The van der Waals surface area contributed by atoms with Crippen molar-refractivity contribution in [3.05, 3.63) is 165 Å². The van der Waals surface area contributed by atoms with E-state index in [1.807, 2.05) is 0 Å². The molecule has 17 heteroatoms. The molecule has 5 aromatic rings. The predicted octanol–water partition coefficient (Wildman–Crippen LogP) is 9.42. The van der Waals surface area contributed by atoms with Crippen LogP contribution in [0.15, 0.2) is 60.7 Å². The molecule has 0 unspecified atom stereocenters. The lowest BCUT2D eigenvalue weighted by atomic mass is 9.34. The molecule has 0 bridgehead atoms. The summed E-state index contributed by atoms with van der Waals surface area (Å²) in [4.78, 5) is -0.907. The van der Waals surface area contributed by atoms with E-state index in [0.29, 0.717) is 17.3 Å². The molecule has 0 nitrogen and oxygen atoms in total. The zero-order valence-corrected chi connectivity index (χ0v) is 25.0. The van der Waals surface area contributed by atoms with Crippen LogP contribution in [0.5, 0.6) is 0 Å². The van der Waals surface area contributed by atoms with Crippen LogP contribution in [0.3, 0.4) is 0 Å². The number of benzene rings is 5. The van der Waals surface area contributed by atoms with Crippen molar-refractivity contribution < 1.29 is 65.9 Å². The van der Waals surface area contributed by atoms with Gasteiger partial charge in [0, 0.05) is 27.1 Å². The summed E-state index contributed by atoms with van der Waals surface area (Å²) in [5, 5.41) is 0. The van der Waals surface area contributed by atoms with Crippen molar-refractivity contribution in [2.45, 2.75) is 5.75 Å². The van der Waals surface area contributed by atoms with Gasteiger partial charge in [-0.05, 0) is 16.6 Å². The molecule has 0 heterocycles. The van der Waals surface area contributed by atoms with Crippen LogP contribution in [0.25, 0.3) is 10.4 Å². The van der Waals surface area contributed by atoms with E-state index >= 15 is 26.3 Å². The van der Waals surface area contributed by atoms with Crippen LogP contribution < -0.4 is 10.9 Å². The highest BCUT2D eigenvalue weighted by Crippen LogP contribution is 2.42. The average Bonchev–Trinajstić information content (AvgIpc) is 3.12. The molecule has 0 fully saturated rings. The quantitative estimate of drug-likeness (QED) is 0.0504. The lowest BCUT2D eigenvalue weighted by molar-refractivity contribution is 0.376. The molecule has 0 spiro atoms. The highest BCUT2D eigenvalue weighted by Gasteiger charge is 2.45. The Morgan fingerprint density at radius 1 is 0.400 bits per heavy atom. The second-order valence-corrected chi connectivity index (χ2v) is 11.2.